The van der Waals surface area contributed by atoms with Crippen molar-refractivity contribution in [1.29, 1.82) is 0 Å². The van der Waals surface area contributed by atoms with Crippen LogP contribution >= 0.6 is 0 Å². The van der Waals surface area contributed by atoms with Crippen LogP contribution in [-0.2, 0) is 10.0 Å². The van der Waals surface area contributed by atoms with E-state index >= 15 is 0 Å². The SMILES string of the molecule is O=C(Nc1ccc(S(=O)(=O)Nc2ccccc2C(=O)c2ccccn2)cc1)c1ccccn1. The number of hydrogen-bond acceptors (Lipinski definition) is 6. The summed E-state index contributed by atoms with van der Waals surface area (Å²) in [5.74, 6) is -0.812. The molecule has 0 saturated heterocycles. The fraction of sp³-hybridized carbons (Fsp3) is 0. The molecule has 4 aromatic rings. The Morgan fingerprint density at radius 3 is 1.94 bits per heavy atom. The van der Waals surface area contributed by atoms with Gasteiger partial charge in [0.2, 0.25) is 5.78 Å². The van der Waals surface area contributed by atoms with Gasteiger partial charge in [-0.05, 0) is 60.7 Å². The van der Waals surface area contributed by atoms with Gasteiger partial charge in [0.1, 0.15) is 11.4 Å². The minimum Gasteiger partial charge on any atom is -0.321 e. The van der Waals surface area contributed by atoms with E-state index in [1.807, 2.05) is 0 Å². The molecule has 4 rings (SSSR count). The van der Waals surface area contributed by atoms with Crippen LogP contribution in [0, 0.1) is 0 Å². The minimum atomic E-state index is -4.00. The molecule has 0 aliphatic rings. The highest BCUT2D eigenvalue weighted by molar-refractivity contribution is 7.92. The average molecular weight is 458 g/mol. The summed E-state index contributed by atoms with van der Waals surface area (Å²) in [4.78, 5) is 33.0. The molecule has 0 unspecified atom stereocenters. The van der Waals surface area contributed by atoms with Crippen molar-refractivity contribution in [3.63, 3.8) is 0 Å². The Balaban J connectivity index is 1.53. The molecule has 0 bridgehead atoms. The predicted molar refractivity (Wildman–Crippen MR) is 124 cm³/mol. The lowest BCUT2D eigenvalue weighted by molar-refractivity contribution is 0.101. The first kappa shape index (κ1) is 21.8. The van der Waals surface area contributed by atoms with Gasteiger partial charge in [-0.3, -0.25) is 24.3 Å². The topological polar surface area (TPSA) is 118 Å². The Morgan fingerprint density at radius 1 is 0.697 bits per heavy atom. The number of nitrogens with zero attached hydrogens (tertiary/aromatic N) is 2. The van der Waals surface area contributed by atoms with E-state index in [9.17, 15) is 18.0 Å². The van der Waals surface area contributed by atoms with Crippen LogP contribution in [0.25, 0.3) is 0 Å². The van der Waals surface area contributed by atoms with E-state index in [-0.39, 0.29) is 27.5 Å². The Hall–Kier alpha value is -4.37. The normalized spacial score (nSPS) is 10.9. The van der Waals surface area contributed by atoms with Crippen molar-refractivity contribution >= 4 is 33.1 Å². The molecule has 0 aliphatic carbocycles. The number of carbonyl (C=O) groups excluding carboxylic acids is 2. The van der Waals surface area contributed by atoms with Gasteiger partial charge >= 0.3 is 0 Å². The third kappa shape index (κ3) is 5.10. The van der Waals surface area contributed by atoms with Gasteiger partial charge in [-0.1, -0.05) is 24.3 Å². The van der Waals surface area contributed by atoms with E-state index in [0.717, 1.165) is 0 Å². The number of pyridine rings is 2. The molecular formula is C24H18N4O4S. The van der Waals surface area contributed by atoms with E-state index in [1.54, 1.807) is 48.5 Å². The van der Waals surface area contributed by atoms with Crippen molar-refractivity contribution in [2.45, 2.75) is 4.90 Å². The summed E-state index contributed by atoms with van der Waals surface area (Å²) in [6.07, 6.45) is 3.00. The Labute approximate surface area is 190 Å². The molecular weight excluding hydrogens is 440 g/mol. The number of ketones is 1. The summed E-state index contributed by atoms with van der Waals surface area (Å²) in [5.41, 5.74) is 1.18. The Bertz CT molecular complexity index is 1390. The quantitative estimate of drug-likeness (QED) is 0.407. The van der Waals surface area contributed by atoms with Crippen LogP contribution in [0.5, 0.6) is 0 Å². The Kier molecular flexibility index (Phi) is 6.23. The van der Waals surface area contributed by atoms with Crippen LogP contribution in [0.3, 0.4) is 0 Å². The maximum absolute atomic E-state index is 12.9. The van der Waals surface area contributed by atoms with Crippen molar-refractivity contribution in [3.05, 3.63) is 114 Å². The molecule has 2 aromatic carbocycles. The summed E-state index contributed by atoms with van der Waals surface area (Å²) >= 11 is 0. The van der Waals surface area contributed by atoms with Crippen LogP contribution in [0.1, 0.15) is 26.5 Å². The maximum atomic E-state index is 12.9. The first-order valence-electron chi connectivity index (χ1n) is 9.84. The molecule has 164 valence electrons. The fourth-order valence-electron chi connectivity index (χ4n) is 3.02. The van der Waals surface area contributed by atoms with E-state index in [1.165, 1.54) is 48.8 Å². The summed E-state index contributed by atoms with van der Waals surface area (Å²) in [6, 6.07) is 21.9. The molecule has 2 aromatic heterocycles. The van der Waals surface area contributed by atoms with Crippen LogP contribution < -0.4 is 10.0 Å². The number of nitrogens with one attached hydrogen (secondary N) is 2. The lowest BCUT2D eigenvalue weighted by atomic mass is 10.1. The predicted octanol–water partition coefficient (Wildman–Crippen LogP) is 3.76. The molecule has 1 amide bonds. The van der Waals surface area contributed by atoms with Gasteiger partial charge in [0, 0.05) is 23.6 Å². The van der Waals surface area contributed by atoms with Gasteiger partial charge in [0.05, 0.1) is 10.6 Å². The summed E-state index contributed by atoms with van der Waals surface area (Å²) in [5, 5.41) is 2.66. The zero-order chi connectivity index (χ0) is 23.3. The standard InChI is InChI=1S/C24H18N4O4S/c29-23(21-9-3-5-15-25-21)19-7-1-2-8-20(19)28-33(31,32)18-13-11-17(12-14-18)27-24(30)22-10-4-6-16-26-22/h1-16,28H,(H,27,30). The van der Waals surface area contributed by atoms with Gasteiger partial charge in [-0.25, -0.2) is 8.42 Å². The average Bonchev–Trinajstić information content (AvgIpc) is 2.85. The highest BCUT2D eigenvalue weighted by atomic mass is 32.2. The highest BCUT2D eigenvalue weighted by Crippen LogP contribution is 2.23. The molecule has 9 heteroatoms. The number of benzene rings is 2. The second-order valence-corrected chi connectivity index (χ2v) is 8.57. The molecule has 2 N–H and O–H groups in total. The van der Waals surface area contributed by atoms with Crippen molar-refractivity contribution in [1.82, 2.24) is 9.97 Å². The molecule has 0 saturated carbocycles. The first-order chi connectivity index (χ1) is 15.9. The fourth-order valence-corrected chi connectivity index (χ4v) is 4.10. The van der Waals surface area contributed by atoms with Gasteiger partial charge in [-0.15, -0.1) is 0 Å². The summed E-state index contributed by atoms with van der Waals surface area (Å²) < 4.78 is 28.3. The lowest BCUT2D eigenvalue weighted by Gasteiger charge is -2.12. The van der Waals surface area contributed by atoms with Crippen molar-refractivity contribution in [2.75, 3.05) is 10.0 Å². The third-order valence-corrected chi connectivity index (χ3v) is 6.01. The third-order valence-electron chi connectivity index (χ3n) is 4.63. The van der Waals surface area contributed by atoms with Gasteiger partial charge in [-0.2, -0.15) is 0 Å². The first-order valence-corrected chi connectivity index (χ1v) is 11.3. The van der Waals surface area contributed by atoms with E-state index < -0.39 is 21.7 Å². The molecule has 33 heavy (non-hydrogen) atoms. The van der Waals surface area contributed by atoms with Gasteiger partial charge in [0.15, 0.2) is 0 Å². The number of hydrogen-bond donors (Lipinski definition) is 2. The van der Waals surface area contributed by atoms with Crippen molar-refractivity contribution in [3.8, 4) is 0 Å². The highest BCUT2D eigenvalue weighted by Gasteiger charge is 2.20. The second-order valence-electron chi connectivity index (χ2n) is 6.89. The largest absolute Gasteiger partial charge is 0.321 e. The van der Waals surface area contributed by atoms with Crippen LogP contribution in [0.15, 0.2) is 102 Å². The monoisotopic (exact) mass is 458 g/mol. The zero-order valence-corrected chi connectivity index (χ0v) is 18.0. The molecule has 0 aliphatic heterocycles. The molecule has 0 spiro atoms. The second kappa shape index (κ2) is 9.41. The Morgan fingerprint density at radius 2 is 1.30 bits per heavy atom. The molecule has 8 nitrogen and oxygen atoms in total. The number of anilines is 2. The van der Waals surface area contributed by atoms with Gasteiger partial charge < -0.3 is 5.32 Å². The van der Waals surface area contributed by atoms with Crippen LogP contribution in [0.2, 0.25) is 0 Å². The number of carbonyl (C=O) groups is 2. The molecule has 2 heterocycles. The molecule has 0 atom stereocenters. The van der Waals surface area contributed by atoms with E-state index in [2.05, 4.69) is 20.0 Å². The van der Waals surface area contributed by atoms with Crippen molar-refractivity contribution < 1.29 is 18.0 Å². The number of amides is 1. The van der Waals surface area contributed by atoms with Gasteiger partial charge in [0.25, 0.3) is 15.9 Å². The molecule has 0 fully saturated rings. The molecule has 0 radical (unpaired) electrons. The zero-order valence-electron chi connectivity index (χ0n) is 17.2. The number of para-hydroxylation sites is 1. The van der Waals surface area contributed by atoms with E-state index in [4.69, 9.17) is 0 Å². The number of sulfonamides is 1. The van der Waals surface area contributed by atoms with Crippen molar-refractivity contribution in [2.24, 2.45) is 0 Å². The summed E-state index contributed by atoms with van der Waals surface area (Å²) in [7, 11) is -4.00. The van der Waals surface area contributed by atoms with Crippen LogP contribution in [-0.4, -0.2) is 30.1 Å². The lowest BCUT2D eigenvalue weighted by Crippen LogP contribution is -2.17. The minimum absolute atomic E-state index is 0.0292. The van der Waals surface area contributed by atoms with E-state index in [0.29, 0.717) is 5.69 Å². The smallest absolute Gasteiger partial charge is 0.274 e. The number of aromatic nitrogens is 2. The maximum Gasteiger partial charge on any atom is 0.274 e. The number of rotatable bonds is 7. The summed E-state index contributed by atoms with van der Waals surface area (Å²) in [6.45, 7) is 0. The van der Waals surface area contributed by atoms with Crippen LogP contribution in [0.4, 0.5) is 11.4 Å².